The molecule has 0 unspecified atom stereocenters. The second-order valence-electron chi connectivity index (χ2n) is 2.27. The first-order chi connectivity index (χ1) is 5.69. The minimum atomic E-state index is 0.505. The molecule has 1 aromatic rings. The maximum Gasteiger partial charge on any atom is 0.121 e. The van der Waals surface area contributed by atoms with Crippen molar-refractivity contribution in [1.29, 1.82) is 0 Å². The average Bonchev–Trinajstić information content (AvgIpc) is 2.03. The Morgan fingerprint density at radius 1 is 1.33 bits per heavy atom. The van der Waals surface area contributed by atoms with E-state index in [1.807, 2.05) is 12.1 Å². The fraction of sp³-hybridized carbons (Fsp3) is 0.250. The number of halogens is 2. The molecule has 0 bridgehead atoms. The van der Waals surface area contributed by atoms with Crippen LogP contribution in [0.2, 0.25) is 0 Å². The summed E-state index contributed by atoms with van der Waals surface area (Å²) < 4.78 is 7.01. The minimum Gasteiger partial charge on any atom is -0.497 e. The summed E-state index contributed by atoms with van der Waals surface area (Å²) in [5.41, 5.74) is 6.59. The van der Waals surface area contributed by atoms with Gasteiger partial charge < -0.3 is 10.5 Å². The van der Waals surface area contributed by atoms with Crippen molar-refractivity contribution in [2.75, 3.05) is 7.11 Å². The Bertz CT molecular complexity index is 265. The highest BCUT2D eigenvalue weighted by Crippen LogP contribution is 2.30. The largest absolute Gasteiger partial charge is 0.497 e. The van der Waals surface area contributed by atoms with Gasteiger partial charge in [0.05, 0.1) is 7.11 Å². The molecule has 4 heteroatoms. The molecule has 0 saturated carbocycles. The van der Waals surface area contributed by atoms with Crippen molar-refractivity contribution >= 4 is 31.9 Å². The Balaban J connectivity index is 3.18. The van der Waals surface area contributed by atoms with Gasteiger partial charge in [-0.25, -0.2) is 0 Å². The predicted octanol–water partition coefficient (Wildman–Crippen LogP) is 2.68. The summed E-state index contributed by atoms with van der Waals surface area (Å²) in [5.74, 6) is 0.811. The molecule has 1 aromatic carbocycles. The van der Waals surface area contributed by atoms with Crippen molar-refractivity contribution in [2.24, 2.45) is 5.73 Å². The molecular formula is C8H9Br2NO. The van der Waals surface area contributed by atoms with Gasteiger partial charge in [-0.15, -0.1) is 0 Å². The highest BCUT2D eigenvalue weighted by molar-refractivity contribution is 9.11. The van der Waals surface area contributed by atoms with Crippen LogP contribution in [0.1, 0.15) is 5.56 Å². The molecule has 66 valence electrons. The van der Waals surface area contributed by atoms with E-state index in [4.69, 9.17) is 10.5 Å². The molecule has 0 heterocycles. The van der Waals surface area contributed by atoms with Crippen molar-refractivity contribution < 1.29 is 4.74 Å². The highest BCUT2D eigenvalue weighted by Gasteiger charge is 2.05. The zero-order valence-electron chi connectivity index (χ0n) is 6.60. The Labute approximate surface area is 88.3 Å². The molecule has 2 N–H and O–H groups in total. The second-order valence-corrected chi connectivity index (χ2v) is 3.98. The normalized spacial score (nSPS) is 10.0. The molecular weight excluding hydrogens is 286 g/mol. The van der Waals surface area contributed by atoms with Crippen molar-refractivity contribution in [3.8, 4) is 5.75 Å². The summed E-state index contributed by atoms with van der Waals surface area (Å²) in [7, 11) is 1.64. The number of nitrogens with two attached hydrogens (primary N) is 1. The van der Waals surface area contributed by atoms with E-state index in [1.165, 1.54) is 0 Å². The lowest BCUT2D eigenvalue weighted by molar-refractivity contribution is 0.414. The first-order valence-corrected chi connectivity index (χ1v) is 4.99. The van der Waals surface area contributed by atoms with Gasteiger partial charge in [0.15, 0.2) is 0 Å². The van der Waals surface area contributed by atoms with E-state index in [0.29, 0.717) is 6.54 Å². The third-order valence-electron chi connectivity index (χ3n) is 1.55. The standard InChI is InChI=1S/C8H9Br2NO/c1-12-5-2-7(9)6(4-11)8(10)3-5/h2-3H,4,11H2,1H3. The summed E-state index contributed by atoms with van der Waals surface area (Å²) in [6.45, 7) is 0.505. The van der Waals surface area contributed by atoms with Crippen molar-refractivity contribution in [1.82, 2.24) is 0 Å². The number of benzene rings is 1. The van der Waals surface area contributed by atoms with Gasteiger partial charge in [-0.05, 0) is 17.7 Å². The molecule has 0 atom stereocenters. The van der Waals surface area contributed by atoms with Gasteiger partial charge in [0.2, 0.25) is 0 Å². The van der Waals surface area contributed by atoms with E-state index >= 15 is 0 Å². The molecule has 0 aromatic heterocycles. The topological polar surface area (TPSA) is 35.2 Å². The van der Waals surface area contributed by atoms with E-state index < -0.39 is 0 Å². The first kappa shape index (κ1) is 10.0. The lowest BCUT2D eigenvalue weighted by atomic mass is 10.2. The number of hydrogen-bond acceptors (Lipinski definition) is 2. The van der Waals surface area contributed by atoms with Crippen LogP contribution in [-0.4, -0.2) is 7.11 Å². The summed E-state index contributed by atoms with van der Waals surface area (Å²) in [6, 6.07) is 3.79. The number of rotatable bonds is 2. The molecule has 0 aliphatic carbocycles. The van der Waals surface area contributed by atoms with Crippen LogP contribution in [0.25, 0.3) is 0 Å². The monoisotopic (exact) mass is 293 g/mol. The van der Waals surface area contributed by atoms with Crippen LogP contribution in [0.15, 0.2) is 21.1 Å². The van der Waals surface area contributed by atoms with Gasteiger partial charge in [-0.1, -0.05) is 31.9 Å². The predicted molar refractivity (Wildman–Crippen MR) is 56.3 cm³/mol. The van der Waals surface area contributed by atoms with E-state index in [1.54, 1.807) is 7.11 Å². The number of methoxy groups -OCH3 is 1. The number of ether oxygens (including phenoxy) is 1. The van der Waals surface area contributed by atoms with Crippen LogP contribution >= 0.6 is 31.9 Å². The van der Waals surface area contributed by atoms with Gasteiger partial charge in [0.1, 0.15) is 5.75 Å². The summed E-state index contributed by atoms with van der Waals surface area (Å²) in [6.07, 6.45) is 0. The fourth-order valence-corrected chi connectivity index (χ4v) is 2.36. The van der Waals surface area contributed by atoms with Gasteiger partial charge >= 0.3 is 0 Å². The van der Waals surface area contributed by atoms with Gasteiger partial charge in [0, 0.05) is 15.5 Å². The van der Waals surface area contributed by atoms with Crippen LogP contribution < -0.4 is 10.5 Å². The number of hydrogen-bond donors (Lipinski definition) is 1. The maximum atomic E-state index is 5.54. The Hall–Kier alpha value is -0.0600. The van der Waals surface area contributed by atoms with E-state index in [-0.39, 0.29) is 0 Å². The summed E-state index contributed by atoms with van der Waals surface area (Å²) in [4.78, 5) is 0. The lowest BCUT2D eigenvalue weighted by Crippen LogP contribution is -1.99. The lowest BCUT2D eigenvalue weighted by Gasteiger charge is -2.07. The molecule has 0 aliphatic rings. The first-order valence-electron chi connectivity index (χ1n) is 3.41. The molecule has 12 heavy (non-hydrogen) atoms. The SMILES string of the molecule is COc1cc(Br)c(CN)c(Br)c1. The second kappa shape index (κ2) is 4.25. The molecule has 0 saturated heterocycles. The smallest absolute Gasteiger partial charge is 0.121 e. The molecule has 0 fully saturated rings. The molecule has 0 amide bonds. The summed E-state index contributed by atoms with van der Waals surface area (Å²) >= 11 is 6.82. The van der Waals surface area contributed by atoms with Gasteiger partial charge in [-0.3, -0.25) is 0 Å². The average molecular weight is 295 g/mol. The molecule has 1 rings (SSSR count). The Morgan fingerprint density at radius 2 is 1.83 bits per heavy atom. The van der Waals surface area contributed by atoms with Crippen LogP contribution in [0.3, 0.4) is 0 Å². The quantitative estimate of drug-likeness (QED) is 0.910. The molecule has 0 aliphatic heterocycles. The zero-order chi connectivity index (χ0) is 9.14. The highest BCUT2D eigenvalue weighted by atomic mass is 79.9. The maximum absolute atomic E-state index is 5.54. The summed E-state index contributed by atoms with van der Waals surface area (Å²) in [5, 5.41) is 0. The third-order valence-corrected chi connectivity index (χ3v) is 2.97. The van der Waals surface area contributed by atoms with E-state index in [9.17, 15) is 0 Å². The molecule has 0 spiro atoms. The fourth-order valence-electron chi connectivity index (χ4n) is 0.893. The molecule has 2 nitrogen and oxygen atoms in total. The minimum absolute atomic E-state index is 0.505. The van der Waals surface area contributed by atoms with Crippen molar-refractivity contribution in [3.05, 3.63) is 26.6 Å². The van der Waals surface area contributed by atoms with Crippen LogP contribution in [0.4, 0.5) is 0 Å². The van der Waals surface area contributed by atoms with Crippen LogP contribution in [0, 0.1) is 0 Å². The Kier molecular flexibility index (Phi) is 3.55. The van der Waals surface area contributed by atoms with Crippen molar-refractivity contribution in [2.45, 2.75) is 6.54 Å². The van der Waals surface area contributed by atoms with E-state index in [0.717, 1.165) is 20.3 Å². The van der Waals surface area contributed by atoms with E-state index in [2.05, 4.69) is 31.9 Å². The van der Waals surface area contributed by atoms with Crippen LogP contribution in [0.5, 0.6) is 5.75 Å². The Morgan fingerprint density at radius 3 is 2.17 bits per heavy atom. The van der Waals surface area contributed by atoms with Crippen LogP contribution in [-0.2, 0) is 6.54 Å². The van der Waals surface area contributed by atoms with Crippen molar-refractivity contribution in [3.63, 3.8) is 0 Å². The van der Waals surface area contributed by atoms with Gasteiger partial charge in [-0.2, -0.15) is 0 Å². The third kappa shape index (κ3) is 2.00. The zero-order valence-corrected chi connectivity index (χ0v) is 9.78. The molecule has 0 radical (unpaired) electrons. The van der Waals surface area contributed by atoms with Gasteiger partial charge in [0.25, 0.3) is 0 Å².